The van der Waals surface area contributed by atoms with Gasteiger partial charge in [-0.3, -0.25) is 19.6 Å². The van der Waals surface area contributed by atoms with Crippen molar-refractivity contribution in [1.29, 1.82) is 0 Å². The first-order valence-electron chi connectivity index (χ1n) is 9.14. The van der Waals surface area contributed by atoms with Crippen LogP contribution in [0.5, 0.6) is 0 Å². The molecule has 2 aromatic rings. The summed E-state index contributed by atoms with van der Waals surface area (Å²) < 4.78 is 13.8. The number of rotatable bonds is 4. The maximum atomic E-state index is 13.8. The van der Waals surface area contributed by atoms with E-state index in [1.165, 1.54) is 4.90 Å². The van der Waals surface area contributed by atoms with Gasteiger partial charge in [0.2, 0.25) is 0 Å². The molecule has 3 saturated carbocycles. The van der Waals surface area contributed by atoms with E-state index >= 15 is 0 Å². The van der Waals surface area contributed by atoms with E-state index < -0.39 is 23.0 Å². The fourth-order valence-corrected chi connectivity index (χ4v) is 4.58. The summed E-state index contributed by atoms with van der Waals surface area (Å²) in [4.78, 5) is 36.9. The van der Waals surface area contributed by atoms with Gasteiger partial charge in [-0.1, -0.05) is 6.07 Å². The number of aromatic nitrogens is 2. The zero-order valence-electron chi connectivity index (χ0n) is 14.8. The van der Waals surface area contributed by atoms with Gasteiger partial charge in [-0.2, -0.15) is 0 Å². The minimum atomic E-state index is -1.08. The van der Waals surface area contributed by atoms with Gasteiger partial charge in [0.25, 0.3) is 0 Å². The third kappa shape index (κ3) is 2.52. The third-order valence-electron chi connectivity index (χ3n) is 5.96. The molecule has 3 aliphatic carbocycles. The fourth-order valence-electron chi connectivity index (χ4n) is 4.58. The van der Waals surface area contributed by atoms with Crippen molar-refractivity contribution >= 4 is 11.8 Å². The number of hydrogen-bond acceptors (Lipinski definition) is 4. The highest BCUT2D eigenvalue weighted by molar-refractivity contribution is 6.35. The molecule has 3 heterocycles. The summed E-state index contributed by atoms with van der Waals surface area (Å²) in [6, 6.07) is 9.44. The summed E-state index contributed by atoms with van der Waals surface area (Å²) >= 11 is 0. The predicted molar refractivity (Wildman–Crippen MR) is 95.0 cm³/mol. The maximum absolute atomic E-state index is 13.8. The van der Waals surface area contributed by atoms with Crippen LogP contribution in [-0.2, 0) is 16.1 Å². The zero-order valence-corrected chi connectivity index (χ0v) is 14.8. The van der Waals surface area contributed by atoms with Gasteiger partial charge in [0, 0.05) is 50.3 Å². The van der Waals surface area contributed by atoms with Gasteiger partial charge in [0.15, 0.2) is 0 Å². The number of pyridine rings is 2. The largest absolute Gasteiger partial charge is 0.327 e. The number of amides is 2. The van der Waals surface area contributed by atoms with Gasteiger partial charge in [0.1, 0.15) is 5.67 Å². The van der Waals surface area contributed by atoms with Crippen molar-refractivity contribution in [2.75, 3.05) is 13.1 Å². The Balaban J connectivity index is 1.25. The zero-order chi connectivity index (χ0) is 18.6. The van der Waals surface area contributed by atoms with Gasteiger partial charge in [-0.05, 0) is 24.3 Å². The number of alkyl halides is 1. The van der Waals surface area contributed by atoms with E-state index in [0.717, 1.165) is 17.0 Å². The molecule has 1 saturated heterocycles. The summed E-state index contributed by atoms with van der Waals surface area (Å²) in [7, 11) is 0. The second kappa shape index (κ2) is 5.58. The van der Waals surface area contributed by atoms with E-state index in [2.05, 4.69) is 9.97 Å². The van der Waals surface area contributed by atoms with E-state index in [4.69, 9.17) is 0 Å². The Bertz CT molecular complexity index is 896. The molecule has 0 atom stereocenters. The van der Waals surface area contributed by atoms with Crippen molar-refractivity contribution in [2.24, 2.45) is 0 Å². The highest BCUT2D eigenvalue weighted by Gasteiger charge is 2.73. The smallest absolute Gasteiger partial charge is 0.312 e. The van der Waals surface area contributed by atoms with Crippen molar-refractivity contribution in [3.63, 3.8) is 0 Å². The standard InChI is InChI=1S/C20H19FN4O2/c21-19-11-20(12-19,13-19)25-8-7-24(17(26)18(25)27)10-15-5-4-14(9-23-15)16-3-1-2-6-22-16/h1-6,9H,7-8,10-13H2. The minimum absolute atomic E-state index is 0.293. The van der Waals surface area contributed by atoms with E-state index in [0.29, 0.717) is 38.9 Å². The van der Waals surface area contributed by atoms with Gasteiger partial charge >= 0.3 is 11.8 Å². The first-order chi connectivity index (χ1) is 13.0. The quantitative estimate of drug-likeness (QED) is 0.776. The lowest BCUT2D eigenvalue weighted by Gasteiger charge is -2.69. The lowest BCUT2D eigenvalue weighted by Crippen LogP contribution is -2.79. The Hall–Kier alpha value is -2.83. The number of nitrogens with zero attached hydrogens (tertiary/aromatic N) is 4. The molecule has 0 spiro atoms. The Kier molecular flexibility index (Phi) is 3.38. The predicted octanol–water partition coefficient (Wildman–Crippen LogP) is 1.96. The number of hydrogen-bond donors (Lipinski definition) is 0. The Morgan fingerprint density at radius 3 is 2.44 bits per heavy atom. The summed E-state index contributed by atoms with van der Waals surface area (Å²) in [5.74, 6) is -1.03. The molecule has 4 aliphatic rings. The van der Waals surface area contributed by atoms with Gasteiger partial charge in [0.05, 0.1) is 23.5 Å². The fraction of sp³-hybridized carbons (Fsp3) is 0.400. The first-order valence-corrected chi connectivity index (χ1v) is 9.14. The van der Waals surface area contributed by atoms with E-state index in [9.17, 15) is 14.0 Å². The second-order valence-electron chi connectivity index (χ2n) is 7.84. The third-order valence-corrected chi connectivity index (χ3v) is 5.96. The van der Waals surface area contributed by atoms with Crippen LogP contribution < -0.4 is 0 Å². The molecule has 1 aliphatic heterocycles. The number of carbonyl (C=O) groups is 2. The summed E-state index contributed by atoms with van der Waals surface area (Å²) in [5, 5.41) is 0. The lowest BCUT2D eigenvalue weighted by molar-refractivity contribution is -0.230. The van der Waals surface area contributed by atoms with Gasteiger partial charge in [-0.25, -0.2) is 4.39 Å². The van der Waals surface area contributed by atoms with Crippen LogP contribution >= 0.6 is 0 Å². The molecule has 6 nitrogen and oxygen atoms in total. The number of carbonyl (C=O) groups excluding carboxylic acids is 2. The first kappa shape index (κ1) is 16.4. The highest BCUT2D eigenvalue weighted by Crippen LogP contribution is 2.66. The average Bonchev–Trinajstić information content (AvgIpc) is 2.64. The van der Waals surface area contributed by atoms with Crippen molar-refractivity contribution in [2.45, 2.75) is 37.0 Å². The molecule has 0 unspecified atom stereocenters. The van der Waals surface area contributed by atoms with E-state index in [1.807, 2.05) is 30.3 Å². The van der Waals surface area contributed by atoms with Gasteiger partial charge < -0.3 is 9.80 Å². The molecular weight excluding hydrogens is 347 g/mol. The van der Waals surface area contributed by atoms with Crippen molar-refractivity contribution in [1.82, 2.24) is 19.8 Å². The number of piperazine rings is 1. The SMILES string of the molecule is O=C1C(=O)N(C23CC(F)(C2)C3)CCN1Cc1ccc(-c2ccccn2)cn1. The molecule has 27 heavy (non-hydrogen) atoms. The van der Waals surface area contributed by atoms with Crippen LogP contribution in [0.4, 0.5) is 4.39 Å². The van der Waals surface area contributed by atoms with Crippen molar-refractivity contribution in [3.8, 4) is 11.3 Å². The molecule has 2 aromatic heterocycles. The Morgan fingerprint density at radius 2 is 1.81 bits per heavy atom. The molecular formula is C20H19FN4O2. The maximum Gasteiger partial charge on any atom is 0.312 e. The number of halogens is 1. The van der Waals surface area contributed by atoms with Crippen LogP contribution in [0.25, 0.3) is 11.3 Å². The average molecular weight is 366 g/mol. The van der Waals surface area contributed by atoms with E-state index in [1.54, 1.807) is 17.3 Å². The minimum Gasteiger partial charge on any atom is -0.327 e. The molecule has 2 bridgehead atoms. The Labute approximate surface area is 156 Å². The highest BCUT2D eigenvalue weighted by atomic mass is 19.1. The monoisotopic (exact) mass is 366 g/mol. The second-order valence-corrected chi connectivity index (χ2v) is 7.84. The Morgan fingerprint density at radius 1 is 1.00 bits per heavy atom. The normalized spacial score (nSPS) is 29.4. The van der Waals surface area contributed by atoms with Crippen LogP contribution in [0.2, 0.25) is 0 Å². The van der Waals surface area contributed by atoms with Crippen molar-refractivity contribution < 1.29 is 14.0 Å². The molecule has 6 rings (SSSR count). The molecule has 0 aromatic carbocycles. The van der Waals surface area contributed by atoms with Crippen LogP contribution in [-0.4, -0.2) is 55.9 Å². The molecule has 0 N–H and O–H groups in total. The van der Waals surface area contributed by atoms with Crippen LogP contribution in [0.1, 0.15) is 25.0 Å². The van der Waals surface area contributed by atoms with Crippen molar-refractivity contribution in [3.05, 3.63) is 48.4 Å². The molecule has 0 radical (unpaired) electrons. The molecule has 4 fully saturated rings. The topological polar surface area (TPSA) is 66.4 Å². The summed E-state index contributed by atoms with van der Waals surface area (Å²) in [5.41, 5.74) is 0.976. The lowest BCUT2D eigenvalue weighted by atomic mass is 9.46. The summed E-state index contributed by atoms with van der Waals surface area (Å²) in [6.07, 6.45) is 4.60. The van der Waals surface area contributed by atoms with E-state index in [-0.39, 0.29) is 0 Å². The van der Waals surface area contributed by atoms with Crippen LogP contribution in [0, 0.1) is 0 Å². The van der Waals surface area contributed by atoms with Gasteiger partial charge in [-0.15, -0.1) is 0 Å². The molecule has 2 amide bonds. The van der Waals surface area contributed by atoms with Crippen LogP contribution in [0.15, 0.2) is 42.7 Å². The molecule has 138 valence electrons. The van der Waals surface area contributed by atoms with Crippen LogP contribution in [0.3, 0.4) is 0 Å². The molecule has 7 heteroatoms. The summed E-state index contributed by atoms with van der Waals surface area (Å²) in [6.45, 7) is 1.21.